The van der Waals surface area contributed by atoms with Crippen LogP contribution in [0, 0.1) is 0 Å². The molecule has 1 aliphatic carbocycles. The molecule has 100 valence electrons. The van der Waals surface area contributed by atoms with Gasteiger partial charge in [0.25, 0.3) is 0 Å². The third kappa shape index (κ3) is 2.34. The molecule has 1 aromatic heterocycles. The van der Waals surface area contributed by atoms with Crippen molar-refractivity contribution in [2.75, 3.05) is 0 Å². The Hall–Kier alpha value is -1.15. The second-order valence-electron chi connectivity index (χ2n) is 5.51. The monoisotopic (exact) mass is 271 g/mol. The molecule has 1 aliphatic rings. The summed E-state index contributed by atoms with van der Waals surface area (Å²) in [5.74, 6) is 0. The molecule has 2 heteroatoms. The van der Waals surface area contributed by atoms with Crippen LogP contribution in [-0.2, 0) is 11.8 Å². The summed E-state index contributed by atoms with van der Waals surface area (Å²) in [6, 6.07) is 11.0. The number of nitrogens with zero attached hydrogens (tertiary/aromatic N) is 1. The molecule has 1 nitrogen and oxygen atoms in total. The predicted molar refractivity (Wildman–Crippen MR) is 81.8 cm³/mol. The van der Waals surface area contributed by atoms with Crippen LogP contribution in [0.4, 0.5) is 0 Å². The molecule has 2 aromatic rings. The lowest BCUT2D eigenvalue weighted by molar-refractivity contribution is 0.344. The highest BCUT2D eigenvalue weighted by Crippen LogP contribution is 2.45. The maximum absolute atomic E-state index is 4.92. The normalized spacial score (nSPS) is 18.4. The largest absolute Gasteiger partial charge is 0.245 e. The molecular weight excluding hydrogens is 250 g/mol. The summed E-state index contributed by atoms with van der Waals surface area (Å²) < 4.78 is 0. The molecule has 19 heavy (non-hydrogen) atoms. The summed E-state index contributed by atoms with van der Waals surface area (Å²) in [7, 11) is 0. The zero-order chi connectivity index (χ0) is 13.1. The Labute approximate surface area is 119 Å². The van der Waals surface area contributed by atoms with E-state index in [0.29, 0.717) is 0 Å². The average Bonchev–Trinajstić information content (AvgIpc) is 2.98. The van der Waals surface area contributed by atoms with Gasteiger partial charge in [-0.25, -0.2) is 4.98 Å². The van der Waals surface area contributed by atoms with Crippen molar-refractivity contribution in [2.45, 2.75) is 50.9 Å². The number of aryl methyl sites for hydroxylation is 1. The molecule has 0 aliphatic heterocycles. The van der Waals surface area contributed by atoms with Gasteiger partial charge in [0, 0.05) is 10.8 Å². The highest BCUT2D eigenvalue weighted by Gasteiger charge is 2.38. The first kappa shape index (κ1) is 12.9. The molecular formula is C17H21NS. The predicted octanol–water partition coefficient (Wildman–Crippen LogP) is 4.96. The van der Waals surface area contributed by atoms with E-state index in [4.69, 9.17) is 4.98 Å². The molecule has 0 N–H and O–H groups in total. The molecule has 1 fully saturated rings. The highest BCUT2D eigenvalue weighted by molar-refractivity contribution is 7.09. The van der Waals surface area contributed by atoms with Gasteiger partial charge in [0.2, 0.25) is 0 Å². The maximum Gasteiger partial charge on any atom is 0.103 e. The van der Waals surface area contributed by atoms with Crippen LogP contribution in [0.3, 0.4) is 0 Å². The fourth-order valence-electron chi connectivity index (χ4n) is 3.23. The summed E-state index contributed by atoms with van der Waals surface area (Å²) in [6.07, 6.45) is 7.59. The first-order chi connectivity index (χ1) is 9.35. The molecule has 0 radical (unpaired) electrons. The van der Waals surface area contributed by atoms with Crippen molar-refractivity contribution in [3.63, 3.8) is 0 Å². The zero-order valence-corrected chi connectivity index (χ0v) is 12.4. The van der Waals surface area contributed by atoms with Gasteiger partial charge in [-0.05, 0) is 24.8 Å². The van der Waals surface area contributed by atoms with Gasteiger partial charge in [-0.15, -0.1) is 11.3 Å². The SMILES string of the molecule is CCc1csc(C2(c3ccccc3)CCCCC2)n1. The van der Waals surface area contributed by atoms with Crippen LogP contribution < -0.4 is 0 Å². The number of hydrogen-bond donors (Lipinski definition) is 0. The molecule has 1 saturated carbocycles. The van der Waals surface area contributed by atoms with Crippen molar-refractivity contribution in [3.05, 3.63) is 52.0 Å². The minimum Gasteiger partial charge on any atom is -0.245 e. The van der Waals surface area contributed by atoms with Gasteiger partial charge >= 0.3 is 0 Å². The summed E-state index contributed by atoms with van der Waals surface area (Å²) in [4.78, 5) is 4.92. The van der Waals surface area contributed by atoms with Gasteiger partial charge in [-0.3, -0.25) is 0 Å². The summed E-state index contributed by atoms with van der Waals surface area (Å²) in [5.41, 5.74) is 2.91. The van der Waals surface area contributed by atoms with Crippen LogP contribution in [0.1, 0.15) is 55.3 Å². The fraction of sp³-hybridized carbons (Fsp3) is 0.471. The number of aromatic nitrogens is 1. The van der Waals surface area contributed by atoms with Crippen LogP contribution in [0.15, 0.2) is 35.7 Å². The van der Waals surface area contributed by atoms with Gasteiger partial charge in [-0.1, -0.05) is 56.5 Å². The number of benzene rings is 1. The Bertz CT molecular complexity index is 523. The standard InChI is InChI=1S/C17H21NS/c1-2-15-13-19-16(18-15)17(11-7-4-8-12-17)14-9-5-3-6-10-14/h3,5-6,9-10,13H,2,4,7-8,11-12H2,1H3. The van der Waals surface area contributed by atoms with E-state index in [9.17, 15) is 0 Å². The van der Waals surface area contributed by atoms with Crippen LogP contribution in [-0.4, -0.2) is 4.98 Å². The van der Waals surface area contributed by atoms with E-state index in [1.54, 1.807) is 0 Å². The van der Waals surface area contributed by atoms with E-state index < -0.39 is 0 Å². The van der Waals surface area contributed by atoms with E-state index in [2.05, 4.69) is 42.6 Å². The van der Waals surface area contributed by atoms with Gasteiger partial charge in [-0.2, -0.15) is 0 Å². The Balaban J connectivity index is 2.06. The van der Waals surface area contributed by atoms with Crippen molar-refractivity contribution in [3.8, 4) is 0 Å². The first-order valence-corrected chi connectivity index (χ1v) is 8.23. The highest BCUT2D eigenvalue weighted by atomic mass is 32.1. The van der Waals surface area contributed by atoms with E-state index >= 15 is 0 Å². The Kier molecular flexibility index (Phi) is 3.69. The second kappa shape index (κ2) is 5.46. The van der Waals surface area contributed by atoms with Crippen molar-refractivity contribution >= 4 is 11.3 Å². The Morgan fingerprint density at radius 3 is 2.47 bits per heavy atom. The van der Waals surface area contributed by atoms with Crippen molar-refractivity contribution in [2.24, 2.45) is 0 Å². The van der Waals surface area contributed by atoms with Crippen molar-refractivity contribution in [1.82, 2.24) is 4.98 Å². The first-order valence-electron chi connectivity index (χ1n) is 7.35. The zero-order valence-electron chi connectivity index (χ0n) is 11.6. The minimum atomic E-state index is 0.192. The van der Waals surface area contributed by atoms with Crippen molar-refractivity contribution < 1.29 is 0 Å². The lowest BCUT2D eigenvalue weighted by Gasteiger charge is -2.36. The van der Waals surface area contributed by atoms with Crippen LogP contribution in [0.25, 0.3) is 0 Å². The average molecular weight is 271 g/mol. The summed E-state index contributed by atoms with van der Waals surface area (Å²) in [5, 5.41) is 3.59. The van der Waals surface area contributed by atoms with Crippen LogP contribution in [0.2, 0.25) is 0 Å². The summed E-state index contributed by atoms with van der Waals surface area (Å²) in [6.45, 7) is 2.19. The molecule has 1 aromatic carbocycles. The Morgan fingerprint density at radius 1 is 1.11 bits per heavy atom. The second-order valence-corrected chi connectivity index (χ2v) is 6.36. The van der Waals surface area contributed by atoms with E-state index in [1.165, 1.54) is 48.4 Å². The van der Waals surface area contributed by atoms with Gasteiger partial charge < -0.3 is 0 Å². The van der Waals surface area contributed by atoms with Crippen LogP contribution in [0.5, 0.6) is 0 Å². The van der Waals surface area contributed by atoms with Gasteiger partial charge in [0.1, 0.15) is 5.01 Å². The molecule has 0 bridgehead atoms. The molecule has 0 saturated heterocycles. The molecule has 1 heterocycles. The van der Waals surface area contributed by atoms with Gasteiger partial charge in [0.15, 0.2) is 0 Å². The van der Waals surface area contributed by atoms with E-state index in [0.717, 1.165) is 6.42 Å². The third-order valence-corrected chi connectivity index (χ3v) is 5.45. The van der Waals surface area contributed by atoms with Crippen molar-refractivity contribution in [1.29, 1.82) is 0 Å². The van der Waals surface area contributed by atoms with Gasteiger partial charge in [0.05, 0.1) is 5.69 Å². The maximum atomic E-state index is 4.92. The summed E-state index contributed by atoms with van der Waals surface area (Å²) >= 11 is 1.86. The number of hydrogen-bond acceptors (Lipinski definition) is 2. The smallest absolute Gasteiger partial charge is 0.103 e. The third-order valence-electron chi connectivity index (χ3n) is 4.36. The lowest BCUT2D eigenvalue weighted by Crippen LogP contribution is -2.30. The van der Waals surface area contributed by atoms with E-state index in [-0.39, 0.29) is 5.41 Å². The lowest BCUT2D eigenvalue weighted by atomic mass is 9.70. The number of thiazole rings is 1. The molecule has 3 rings (SSSR count). The fourth-order valence-corrected chi connectivity index (χ4v) is 4.41. The quantitative estimate of drug-likeness (QED) is 0.769. The topological polar surface area (TPSA) is 12.9 Å². The van der Waals surface area contributed by atoms with Crippen LogP contribution >= 0.6 is 11.3 Å². The minimum absolute atomic E-state index is 0.192. The molecule has 0 atom stereocenters. The van der Waals surface area contributed by atoms with E-state index in [1.807, 2.05) is 11.3 Å². The number of rotatable bonds is 3. The molecule has 0 spiro atoms. The molecule has 0 amide bonds. The Morgan fingerprint density at radius 2 is 1.84 bits per heavy atom. The molecule has 0 unspecified atom stereocenters.